The number of amides is 1. The Labute approximate surface area is 155 Å². The minimum absolute atomic E-state index is 0.0396. The molecule has 1 amide bonds. The van der Waals surface area contributed by atoms with Crippen LogP contribution < -0.4 is 5.32 Å². The van der Waals surface area contributed by atoms with Gasteiger partial charge in [-0.1, -0.05) is 6.92 Å². The van der Waals surface area contributed by atoms with Gasteiger partial charge >= 0.3 is 0 Å². The number of nitrogens with one attached hydrogen (secondary N) is 1. The zero-order valence-corrected chi connectivity index (χ0v) is 16.3. The van der Waals surface area contributed by atoms with Gasteiger partial charge in [0.05, 0.1) is 10.8 Å². The summed E-state index contributed by atoms with van der Waals surface area (Å²) >= 11 is 0. The largest absolute Gasteiger partial charge is 0.356 e. The van der Waals surface area contributed by atoms with E-state index in [1.165, 1.54) is 4.31 Å². The summed E-state index contributed by atoms with van der Waals surface area (Å²) in [5, 5.41) is 3.80. The van der Waals surface area contributed by atoms with Crippen molar-refractivity contribution in [2.24, 2.45) is 5.92 Å². The first kappa shape index (κ1) is 18.9. The highest BCUT2D eigenvalue weighted by Gasteiger charge is 2.33. The predicted octanol–water partition coefficient (Wildman–Crippen LogP) is 2.59. The normalized spacial score (nSPS) is 18.9. The Hall–Kier alpha value is -1.86. The van der Waals surface area contributed by atoms with Crippen LogP contribution in [0.15, 0.2) is 35.4 Å². The van der Waals surface area contributed by atoms with Crippen LogP contribution in [0.2, 0.25) is 0 Å². The standard InChI is InChI=1S/C19H27N3O3S/c1-3-10-20-19(23)16-6-5-11-22(14-16)26(24,25)17-7-8-18-15(13-17)9-12-21(18)4-2/h7-9,12-13,16H,3-6,10-11,14H2,1-2H3,(H,20,23)/t16-/m1/s1. The van der Waals surface area contributed by atoms with Crippen LogP contribution in [-0.4, -0.2) is 42.8 Å². The van der Waals surface area contributed by atoms with Crippen molar-refractivity contribution < 1.29 is 13.2 Å². The molecule has 1 fully saturated rings. The van der Waals surface area contributed by atoms with Gasteiger partial charge in [0.25, 0.3) is 0 Å². The van der Waals surface area contributed by atoms with Gasteiger partial charge in [0.2, 0.25) is 15.9 Å². The van der Waals surface area contributed by atoms with Crippen LogP contribution in [0.25, 0.3) is 10.9 Å². The van der Waals surface area contributed by atoms with E-state index in [1.807, 2.05) is 25.3 Å². The predicted molar refractivity (Wildman–Crippen MR) is 102 cm³/mol. The molecule has 0 unspecified atom stereocenters. The number of fused-ring (bicyclic) bond motifs is 1. The van der Waals surface area contributed by atoms with Crippen LogP contribution in [0.1, 0.15) is 33.1 Å². The van der Waals surface area contributed by atoms with Crippen LogP contribution in [0.4, 0.5) is 0 Å². The van der Waals surface area contributed by atoms with Crippen molar-refractivity contribution in [2.75, 3.05) is 19.6 Å². The van der Waals surface area contributed by atoms with Crippen LogP contribution in [0.3, 0.4) is 0 Å². The molecule has 1 aliphatic rings. The van der Waals surface area contributed by atoms with Gasteiger partial charge in [-0.3, -0.25) is 4.79 Å². The first-order valence-corrected chi connectivity index (χ1v) is 10.8. The highest BCUT2D eigenvalue weighted by atomic mass is 32.2. The van der Waals surface area contributed by atoms with E-state index in [4.69, 9.17) is 0 Å². The summed E-state index contributed by atoms with van der Waals surface area (Å²) in [5.74, 6) is -0.308. The molecule has 0 saturated carbocycles. The minimum Gasteiger partial charge on any atom is -0.356 e. The maximum Gasteiger partial charge on any atom is 0.243 e. The average molecular weight is 378 g/mol. The lowest BCUT2D eigenvalue weighted by molar-refractivity contribution is -0.126. The monoisotopic (exact) mass is 377 g/mol. The van der Waals surface area contributed by atoms with Crippen LogP contribution in [0.5, 0.6) is 0 Å². The molecule has 26 heavy (non-hydrogen) atoms. The first-order valence-electron chi connectivity index (χ1n) is 9.34. The molecular formula is C19H27N3O3S. The highest BCUT2D eigenvalue weighted by Crippen LogP contribution is 2.26. The van der Waals surface area contributed by atoms with E-state index in [9.17, 15) is 13.2 Å². The fourth-order valence-electron chi connectivity index (χ4n) is 3.53. The zero-order chi connectivity index (χ0) is 18.7. The van der Waals surface area contributed by atoms with Crippen molar-refractivity contribution in [1.82, 2.24) is 14.2 Å². The van der Waals surface area contributed by atoms with Gasteiger partial charge in [-0.25, -0.2) is 8.42 Å². The quantitative estimate of drug-likeness (QED) is 0.841. The lowest BCUT2D eigenvalue weighted by Crippen LogP contribution is -2.45. The number of sulfonamides is 1. The second-order valence-electron chi connectivity index (χ2n) is 6.82. The third-order valence-electron chi connectivity index (χ3n) is 5.03. The first-order chi connectivity index (χ1) is 12.5. The molecule has 7 heteroatoms. The number of hydrogen-bond donors (Lipinski definition) is 1. The number of piperidine rings is 1. The molecule has 0 spiro atoms. The van der Waals surface area contributed by atoms with Crippen molar-refractivity contribution in [3.05, 3.63) is 30.5 Å². The second kappa shape index (κ2) is 7.80. The molecule has 2 aromatic rings. The number of carbonyl (C=O) groups excluding carboxylic acids is 1. The molecular weight excluding hydrogens is 350 g/mol. The Morgan fingerprint density at radius 1 is 1.27 bits per heavy atom. The summed E-state index contributed by atoms with van der Waals surface area (Å²) in [7, 11) is -3.59. The Kier molecular flexibility index (Phi) is 5.67. The maximum atomic E-state index is 13.1. The molecule has 3 rings (SSSR count). The van der Waals surface area contributed by atoms with Crippen LogP contribution >= 0.6 is 0 Å². The third-order valence-corrected chi connectivity index (χ3v) is 6.89. The van der Waals surface area contributed by atoms with E-state index in [0.29, 0.717) is 24.4 Å². The van der Waals surface area contributed by atoms with Gasteiger partial charge in [-0.05, 0) is 50.5 Å². The molecule has 1 saturated heterocycles. The van der Waals surface area contributed by atoms with Crippen LogP contribution in [0, 0.1) is 5.92 Å². The molecule has 2 heterocycles. The van der Waals surface area contributed by atoms with E-state index in [2.05, 4.69) is 16.8 Å². The van der Waals surface area contributed by atoms with Crippen molar-refractivity contribution in [3.8, 4) is 0 Å². The summed E-state index contributed by atoms with van der Waals surface area (Å²) in [4.78, 5) is 12.5. The summed E-state index contributed by atoms with van der Waals surface area (Å²) in [6.07, 6.45) is 4.28. The van der Waals surface area contributed by atoms with Gasteiger partial charge in [-0.2, -0.15) is 4.31 Å². The number of aromatic nitrogens is 1. The van der Waals surface area contributed by atoms with Crippen molar-refractivity contribution in [3.63, 3.8) is 0 Å². The van der Waals surface area contributed by atoms with E-state index in [-0.39, 0.29) is 18.4 Å². The zero-order valence-electron chi connectivity index (χ0n) is 15.4. The van der Waals surface area contributed by atoms with Gasteiger partial charge < -0.3 is 9.88 Å². The number of rotatable bonds is 6. The molecule has 0 bridgehead atoms. The fourth-order valence-corrected chi connectivity index (χ4v) is 5.09. The van der Waals surface area contributed by atoms with Gasteiger partial charge in [0.1, 0.15) is 0 Å². The van der Waals surface area contributed by atoms with Gasteiger partial charge in [0, 0.05) is 43.3 Å². The van der Waals surface area contributed by atoms with Gasteiger partial charge in [0.15, 0.2) is 0 Å². The summed E-state index contributed by atoms with van der Waals surface area (Å²) in [6, 6.07) is 7.21. The molecule has 1 aliphatic heterocycles. The van der Waals surface area contributed by atoms with E-state index in [0.717, 1.165) is 30.3 Å². The number of benzene rings is 1. The Morgan fingerprint density at radius 2 is 2.08 bits per heavy atom. The lowest BCUT2D eigenvalue weighted by Gasteiger charge is -2.31. The second-order valence-corrected chi connectivity index (χ2v) is 8.75. The molecule has 1 aromatic carbocycles. The van der Waals surface area contributed by atoms with E-state index in [1.54, 1.807) is 12.1 Å². The minimum atomic E-state index is -3.59. The fraction of sp³-hybridized carbons (Fsp3) is 0.526. The molecule has 1 aromatic heterocycles. The third kappa shape index (κ3) is 3.64. The SMILES string of the molecule is CCCNC(=O)[C@@H]1CCCN(S(=O)(=O)c2ccc3c(ccn3CC)c2)C1. The summed E-state index contributed by atoms with van der Waals surface area (Å²) in [5.41, 5.74) is 1.03. The average Bonchev–Trinajstić information content (AvgIpc) is 3.08. The smallest absolute Gasteiger partial charge is 0.243 e. The molecule has 0 aliphatic carbocycles. The number of nitrogens with zero attached hydrogens (tertiary/aromatic N) is 2. The molecule has 1 atom stereocenters. The molecule has 142 valence electrons. The summed E-state index contributed by atoms with van der Waals surface area (Å²) in [6.45, 7) is 6.25. The van der Waals surface area contributed by atoms with E-state index < -0.39 is 10.0 Å². The van der Waals surface area contributed by atoms with Crippen molar-refractivity contribution in [2.45, 2.75) is 44.6 Å². The van der Waals surface area contributed by atoms with Crippen molar-refractivity contribution >= 4 is 26.8 Å². The van der Waals surface area contributed by atoms with Crippen molar-refractivity contribution in [1.29, 1.82) is 0 Å². The Bertz CT molecular complexity index is 889. The maximum absolute atomic E-state index is 13.1. The Balaban J connectivity index is 1.82. The molecule has 6 nitrogen and oxygen atoms in total. The summed E-state index contributed by atoms with van der Waals surface area (Å²) < 4.78 is 29.7. The molecule has 1 N–H and O–H groups in total. The number of hydrogen-bond acceptors (Lipinski definition) is 3. The molecule has 0 radical (unpaired) electrons. The number of carbonyl (C=O) groups is 1. The highest BCUT2D eigenvalue weighted by molar-refractivity contribution is 7.89. The number of aryl methyl sites for hydroxylation is 1. The lowest BCUT2D eigenvalue weighted by atomic mass is 9.99. The van der Waals surface area contributed by atoms with E-state index >= 15 is 0 Å². The topological polar surface area (TPSA) is 71.4 Å². The van der Waals surface area contributed by atoms with Gasteiger partial charge in [-0.15, -0.1) is 0 Å². The van der Waals surface area contributed by atoms with Crippen LogP contribution in [-0.2, 0) is 21.4 Å². The Morgan fingerprint density at radius 3 is 2.81 bits per heavy atom.